The molecule has 0 atom stereocenters. The van der Waals surface area contributed by atoms with Crippen LogP contribution in [0.4, 0.5) is 5.69 Å². The number of fused-ring (bicyclic) bond motifs is 1. The Kier molecular flexibility index (Phi) is 3.23. The summed E-state index contributed by atoms with van der Waals surface area (Å²) in [5, 5.41) is 2.69. The lowest BCUT2D eigenvalue weighted by molar-refractivity contribution is -0.118. The van der Waals surface area contributed by atoms with Gasteiger partial charge in [0.25, 0.3) is 11.8 Å². The second-order valence-electron chi connectivity index (χ2n) is 4.56. The molecule has 0 aliphatic carbocycles. The minimum Gasteiger partial charge on any atom is -0.482 e. The first-order chi connectivity index (χ1) is 8.49. The summed E-state index contributed by atoms with van der Waals surface area (Å²) in [4.78, 5) is 25.0. The van der Waals surface area contributed by atoms with Crippen LogP contribution in [0.1, 0.15) is 24.2 Å². The van der Waals surface area contributed by atoms with E-state index in [9.17, 15) is 9.59 Å². The van der Waals surface area contributed by atoms with E-state index in [1.54, 1.807) is 30.1 Å². The molecule has 0 spiro atoms. The quantitative estimate of drug-likeness (QED) is 0.862. The molecule has 0 unspecified atom stereocenters. The van der Waals surface area contributed by atoms with E-state index in [2.05, 4.69) is 5.32 Å². The maximum Gasteiger partial charge on any atom is 0.262 e. The van der Waals surface area contributed by atoms with Crippen LogP contribution in [-0.4, -0.2) is 36.4 Å². The molecule has 2 rings (SSSR count). The number of ether oxygens (including phenoxy) is 1. The fourth-order valence-electron chi connectivity index (χ4n) is 1.65. The molecule has 1 N–H and O–H groups in total. The Labute approximate surface area is 106 Å². The zero-order valence-electron chi connectivity index (χ0n) is 10.7. The van der Waals surface area contributed by atoms with Crippen LogP contribution in [-0.2, 0) is 4.79 Å². The van der Waals surface area contributed by atoms with Gasteiger partial charge in [-0.1, -0.05) is 0 Å². The molecular weight excluding hydrogens is 232 g/mol. The van der Waals surface area contributed by atoms with Crippen molar-refractivity contribution in [2.24, 2.45) is 0 Å². The highest BCUT2D eigenvalue weighted by atomic mass is 16.5. The van der Waals surface area contributed by atoms with Crippen molar-refractivity contribution in [1.82, 2.24) is 4.90 Å². The van der Waals surface area contributed by atoms with Crippen molar-refractivity contribution < 1.29 is 14.3 Å². The van der Waals surface area contributed by atoms with Crippen molar-refractivity contribution in [2.45, 2.75) is 19.9 Å². The molecular formula is C13H16N2O3. The van der Waals surface area contributed by atoms with Crippen LogP contribution in [0.25, 0.3) is 0 Å². The van der Waals surface area contributed by atoms with Gasteiger partial charge in [-0.3, -0.25) is 9.59 Å². The van der Waals surface area contributed by atoms with Gasteiger partial charge in [0.1, 0.15) is 5.75 Å². The molecule has 5 nitrogen and oxygen atoms in total. The lowest BCUT2D eigenvalue weighted by Gasteiger charge is -2.23. The predicted octanol–water partition coefficient (Wildman–Crippen LogP) is 1.50. The van der Waals surface area contributed by atoms with Gasteiger partial charge in [0.15, 0.2) is 6.61 Å². The molecule has 0 saturated heterocycles. The maximum absolute atomic E-state index is 12.1. The second-order valence-corrected chi connectivity index (χ2v) is 4.56. The van der Waals surface area contributed by atoms with Gasteiger partial charge in [0, 0.05) is 18.7 Å². The first kappa shape index (κ1) is 12.4. The summed E-state index contributed by atoms with van der Waals surface area (Å²) in [6, 6.07) is 5.18. The average molecular weight is 248 g/mol. The molecule has 0 saturated carbocycles. The minimum atomic E-state index is -0.204. The third-order valence-electron chi connectivity index (χ3n) is 2.95. The van der Waals surface area contributed by atoms with Crippen LogP contribution in [0.15, 0.2) is 18.2 Å². The highest BCUT2D eigenvalue weighted by Crippen LogP contribution is 2.28. The van der Waals surface area contributed by atoms with E-state index in [4.69, 9.17) is 4.74 Å². The van der Waals surface area contributed by atoms with Gasteiger partial charge in [-0.2, -0.15) is 0 Å². The molecule has 0 aromatic heterocycles. The number of hydrogen-bond acceptors (Lipinski definition) is 3. The summed E-state index contributed by atoms with van der Waals surface area (Å²) in [6.45, 7) is 3.91. The fourth-order valence-corrected chi connectivity index (χ4v) is 1.65. The van der Waals surface area contributed by atoms with E-state index in [0.29, 0.717) is 17.0 Å². The number of carbonyl (C=O) groups is 2. The normalized spacial score (nSPS) is 13.7. The standard InChI is InChI=1S/C13H16N2O3/c1-8(2)15(3)13(17)9-4-5-11-10(6-9)14-12(16)7-18-11/h4-6,8H,7H2,1-3H3,(H,14,16). The highest BCUT2D eigenvalue weighted by molar-refractivity contribution is 5.99. The Morgan fingerprint density at radius 2 is 2.17 bits per heavy atom. The van der Waals surface area contributed by atoms with Crippen LogP contribution in [0, 0.1) is 0 Å². The Morgan fingerprint density at radius 3 is 2.83 bits per heavy atom. The molecule has 0 bridgehead atoms. The fraction of sp³-hybridized carbons (Fsp3) is 0.385. The van der Waals surface area contributed by atoms with E-state index in [1.165, 1.54) is 0 Å². The van der Waals surface area contributed by atoms with Gasteiger partial charge in [-0.05, 0) is 32.0 Å². The molecule has 1 aliphatic heterocycles. The first-order valence-electron chi connectivity index (χ1n) is 5.83. The molecule has 96 valence electrons. The van der Waals surface area contributed by atoms with Gasteiger partial charge in [0.2, 0.25) is 0 Å². The summed E-state index contributed by atoms with van der Waals surface area (Å²) in [6.07, 6.45) is 0. The lowest BCUT2D eigenvalue weighted by atomic mass is 10.1. The second kappa shape index (κ2) is 4.68. The molecule has 1 aromatic rings. The van der Waals surface area contributed by atoms with Gasteiger partial charge in [-0.25, -0.2) is 0 Å². The monoisotopic (exact) mass is 248 g/mol. The SMILES string of the molecule is CC(C)N(C)C(=O)c1ccc2c(c1)NC(=O)CO2. The van der Waals surface area contributed by atoms with E-state index in [0.717, 1.165) is 0 Å². The van der Waals surface area contributed by atoms with Crippen LogP contribution in [0.2, 0.25) is 0 Å². The van der Waals surface area contributed by atoms with Gasteiger partial charge >= 0.3 is 0 Å². The highest BCUT2D eigenvalue weighted by Gasteiger charge is 2.20. The summed E-state index contributed by atoms with van der Waals surface area (Å²) in [7, 11) is 1.75. The number of anilines is 1. The molecule has 1 aromatic carbocycles. The number of benzene rings is 1. The lowest BCUT2D eigenvalue weighted by Crippen LogP contribution is -2.33. The van der Waals surface area contributed by atoms with Crippen molar-refractivity contribution in [2.75, 3.05) is 19.0 Å². The molecule has 1 aliphatic rings. The zero-order chi connectivity index (χ0) is 13.3. The van der Waals surface area contributed by atoms with Gasteiger partial charge in [-0.15, -0.1) is 0 Å². The number of amides is 2. The minimum absolute atomic E-state index is 0.0200. The van der Waals surface area contributed by atoms with Crippen LogP contribution in [0.5, 0.6) is 5.75 Å². The van der Waals surface area contributed by atoms with Gasteiger partial charge < -0.3 is 15.0 Å². The summed E-state index contributed by atoms with van der Waals surface area (Å²) >= 11 is 0. The number of rotatable bonds is 2. The summed E-state index contributed by atoms with van der Waals surface area (Å²) < 4.78 is 5.24. The van der Waals surface area contributed by atoms with Crippen molar-refractivity contribution in [3.8, 4) is 5.75 Å². The maximum atomic E-state index is 12.1. The van der Waals surface area contributed by atoms with Crippen LogP contribution >= 0.6 is 0 Å². The average Bonchev–Trinajstić information content (AvgIpc) is 2.35. The molecule has 18 heavy (non-hydrogen) atoms. The summed E-state index contributed by atoms with van der Waals surface area (Å²) in [5.41, 5.74) is 1.09. The number of hydrogen-bond donors (Lipinski definition) is 1. The number of nitrogens with zero attached hydrogens (tertiary/aromatic N) is 1. The Hall–Kier alpha value is -2.04. The molecule has 5 heteroatoms. The van der Waals surface area contributed by atoms with E-state index in [-0.39, 0.29) is 24.5 Å². The van der Waals surface area contributed by atoms with Crippen molar-refractivity contribution in [3.63, 3.8) is 0 Å². The smallest absolute Gasteiger partial charge is 0.262 e. The van der Waals surface area contributed by atoms with Gasteiger partial charge in [0.05, 0.1) is 5.69 Å². The van der Waals surface area contributed by atoms with Crippen LogP contribution in [0.3, 0.4) is 0 Å². The van der Waals surface area contributed by atoms with E-state index < -0.39 is 0 Å². The first-order valence-corrected chi connectivity index (χ1v) is 5.83. The third kappa shape index (κ3) is 2.30. The molecule has 1 heterocycles. The predicted molar refractivity (Wildman–Crippen MR) is 67.8 cm³/mol. The van der Waals surface area contributed by atoms with E-state index >= 15 is 0 Å². The number of carbonyl (C=O) groups excluding carboxylic acids is 2. The van der Waals surface area contributed by atoms with Crippen molar-refractivity contribution in [3.05, 3.63) is 23.8 Å². The zero-order valence-corrected chi connectivity index (χ0v) is 10.7. The Bertz CT molecular complexity index is 497. The Morgan fingerprint density at radius 1 is 1.44 bits per heavy atom. The number of nitrogens with one attached hydrogen (secondary N) is 1. The molecule has 0 fully saturated rings. The van der Waals surface area contributed by atoms with Crippen molar-refractivity contribution >= 4 is 17.5 Å². The van der Waals surface area contributed by atoms with E-state index in [1.807, 2.05) is 13.8 Å². The molecule has 0 radical (unpaired) electrons. The Balaban J connectivity index is 2.28. The summed E-state index contributed by atoms with van der Waals surface area (Å²) in [5.74, 6) is 0.315. The molecule has 2 amide bonds. The van der Waals surface area contributed by atoms with Crippen LogP contribution < -0.4 is 10.1 Å². The topological polar surface area (TPSA) is 58.6 Å². The van der Waals surface area contributed by atoms with Crippen molar-refractivity contribution in [1.29, 1.82) is 0 Å². The largest absolute Gasteiger partial charge is 0.482 e. The third-order valence-corrected chi connectivity index (χ3v) is 2.95.